The maximum Gasteiger partial charge on any atom is 0.211 e. The highest BCUT2D eigenvalue weighted by Crippen LogP contribution is 2.08. The van der Waals surface area contributed by atoms with Gasteiger partial charge in [-0.2, -0.15) is 0 Å². The highest BCUT2D eigenvalue weighted by Gasteiger charge is 2.12. The second-order valence-electron chi connectivity index (χ2n) is 4.87. The number of nitrogens with one attached hydrogen (secondary N) is 1. The zero-order valence-electron chi connectivity index (χ0n) is 11.0. The fourth-order valence-corrected chi connectivity index (χ4v) is 3.50. The number of alkyl halides is 1. The van der Waals surface area contributed by atoms with E-state index in [1.807, 2.05) is 0 Å². The molecule has 0 saturated carbocycles. The van der Waals surface area contributed by atoms with E-state index in [4.69, 9.17) is 11.6 Å². The van der Waals surface area contributed by atoms with Crippen molar-refractivity contribution >= 4 is 21.6 Å². The van der Waals surface area contributed by atoms with Crippen LogP contribution in [0.1, 0.15) is 38.5 Å². The van der Waals surface area contributed by atoms with E-state index in [1.165, 1.54) is 25.7 Å². The molecule has 0 bridgehead atoms. The number of likely N-dealkylation sites (tertiary alicyclic amines) is 1. The Labute approximate surface area is 116 Å². The summed E-state index contributed by atoms with van der Waals surface area (Å²) in [5, 5.41) is 0. The van der Waals surface area contributed by atoms with Gasteiger partial charge in [-0.3, -0.25) is 0 Å². The zero-order chi connectivity index (χ0) is 13.3. The van der Waals surface area contributed by atoms with Gasteiger partial charge in [0.2, 0.25) is 10.0 Å². The molecule has 0 unspecified atom stereocenters. The van der Waals surface area contributed by atoms with Crippen molar-refractivity contribution in [3.05, 3.63) is 0 Å². The third-order valence-electron chi connectivity index (χ3n) is 3.25. The minimum atomic E-state index is -3.10. The normalized spacial score (nSPS) is 18.7. The highest BCUT2D eigenvalue weighted by atomic mass is 35.5. The van der Waals surface area contributed by atoms with Crippen molar-refractivity contribution < 1.29 is 8.42 Å². The van der Waals surface area contributed by atoms with Crippen molar-refractivity contribution in [1.29, 1.82) is 0 Å². The maximum absolute atomic E-state index is 11.6. The molecule has 1 heterocycles. The van der Waals surface area contributed by atoms with Crippen molar-refractivity contribution in [2.75, 3.05) is 37.8 Å². The fourth-order valence-electron chi connectivity index (χ4n) is 2.18. The van der Waals surface area contributed by atoms with Gasteiger partial charge in [-0.25, -0.2) is 13.1 Å². The van der Waals surface area contributed by atoms with Gasteiger partial charge in [0, 0.05) is 19.0 Å². The van der Waals surface area contributed by atoms with E-state index >= 15 is 0 Å². The Hall–Kier alpha value is 0.160. The van der Waals surface area contributed by atoms with Gasteiger partial charge in [0.15, 0.2) is 0 Å². The molecule has 1 saturated heterocycles. The molecule has 0 spiro atoms. The molecule has 1 N–H and O–H groups in total. The lowest BCUT2D eigenvalue weighted by molar-refractivity contribution is 0.290. The Morgan fingerprint density at radius 2 is 1.72 bits per heavy atom. The van der Waals surface area contributed by atoms with Crippen LogP contribution in [0.3, 0.4) is 0 Å². The lowest BCUT2D eigenvalue weighted by Crippen LogP contribution is -2.36. The number of halogens is 1. The third-order valence-corrected chi connectivity index (χ3v) is 4.98. The van der Waals surface area contributed by atoms with Crippen LogP contribution in [0.5, 0.6) is 0 Å². The summed E-state index contributed by atoms with van der Waals surface area (Å²) in [6.07, 6.45) is 6.49. The van der Waals surface area contributed by atoms with Crippen LogP contribution in [0, 0.1) is 0 Å². The van der Waals surface area contributed by atoms with Crippen LogP contribution in [0.4, 0.5) is 0 Å². The van der Waals surface area contributed by atoms with Crippen molar-refractivity contribution in [2.24, 2.45) is 0 Å². The molecule has 108 valence electrons. The molecule has 0 aromatic rings. The van der Waals surface area contributed by atoms with Gasteiger partial charge >= 0.3 is 0 Å². The first-order valence-electron chi connectivity index (χ1n) is 6.90. The Morgan fingerprint density at radius 1 is 1.06 bits per heavy atom. The molecule has 0 aromatic carbocycles. The minimum Gasteiger partial charge on any atom is -0.302 e. The van der Waals surface area contributed by atoms with Crippen LogP contribution >= 0.6 is 11.6 Å². The molecule has 0 aliphatic carbocycles. The summed E-state index contributed by atoms with van der Waals surface area (Å²) in [5.74, 6) is 0.725. The minimum absolute atomic E-state index is 0.194. The second kappa shape index (κ2) is 9.13. The average molecular weight is 297 g/mol. The maximum atomic E-state index is 11.6. The standard InChI is InChI=1S/C12H25ClN2O2S/c13-7-3-6-12-18(16,17)14-8-11-15-9-4-1-2-5-10-15/h14H,1-12H2. The summed E-state index contributed by atoms with van der Waals surface area (Å²) < 4.78 is 26.0. The molecular weight excluding hydrogens is 272 g/mol. The van der Waals surface area contributed by atoms with Gasteiger partial charge in [0.05, 0.1) is 5.75 Å². The lowest BCUT2D eigenvalue weighted by Gasteiger charge is -2.19. The van der Waals surface area contributed by atoms with Gasteiger partial charge in [-0.1, -0.05) is 12.8 Å². The van der Waals surface area contributed by atoms with E-state index in [0.717, 1.165) is 26.1 Å². The molecule has 1 rings (SSSR count). The van der Waals surface area contributed by atoms with E-state index in [2.05, 4.69) is 9.62 Å². The Morgan fingerprint density at radius 3 is 2.33 bits per heavy atom. The largest absolute Gasteiger partial charge is 0.302 e. The van der Waals surface area contributed by atoms with E-state index in [0.29, 0.717) is 18.8 Å². The SMILES string of the molecule is O=S(=O)(CCCCCl)NCCN1CCCCCC1. The molecule has 1 aliphatic heterocycles. The predicted octanol–water partition coefficient (Wildman–Crippen LogP) is 1.80. The molecule has 0 atom stereocenters. The first-order valence-corrected chi connectivity index (χ1v) is 9.08. The number of sulfonamides is 1. The van der Waals surface area contributed by atoms with Crippen LogP contribution in [-0.4, -0.2) is 51.1 Å². The Bertz CT molecular complexity index is 301. The van der Waals surface area contributed by atoms with Gasteiger partial charge in [0.1, 0.15) is 0 Å². The monoisotopic (exact) mass is 296 g/mol. The van der Waals surface area contributed by atoms with E-state index in [9.17, 15) is 8.42 Å². The summed E-state index contributed by atoms with van der Waals surface area (Å²) in [5.41, 5.74) is 0. The van der Waals surface area contributed by atoms with Gasteiger partial charge < -0.3 is 4.90 Å². The van der Waals surface area contributed by atoms with Gasteiger partial charge in [0.25, 0.3) is 0 Å². The molecule has 6 heteroatoms. The zero-order valence-corrected chi connectivity index (χ0v) is 12.6. The Kier molecular flexibility index (Phi) is 8.22. The molecule has 18 heavy (non-hydrogen) atoms. The third kappa shape index (κ3) is 7.56. The van der Waals surface area contributed by atoms with Crippen molar-refractivity contribution in [3.63, 3.8) is 0 Å². The van der Waals surface area contributed by atoms with Gasteiger partial charge in [-0.15, -0.1) is 11.6 Å². The summed E-state index contributed by atoms with van der Waals surface area (Å²) in [4.78, 5) is 2.36. The smallest absolute Gasteiger partial charge is 0.211 e. The van der Waals surface area contributed by atoms with Crippen LogP contribution in [-0.2, 0) is 10.0 Å². The lowest BCUT2D eigenvalue weighted by atomic mass is 10.2. The molecule has 0 aromatic heterocycles. The number of rotatable bonds is 8. The molecular formula is C12H25ClN2O2S. The molecule has 4 nitrogen and oxygen atoms in total. The average Bonchev–Trinajstić information content (AvgIpc) is 2.58. The van der Waals surface area contributed by atoms with E-state index < -0.39 is 10.0 Å². The van der Waals surface area contributed by atoms with E-state index in [-0.39, 0.29) is 5.75 Å². The van der Waals surface area contributed by atoms with Crippen molar-refractivity contribution in [1.82, 2.24) is 9.62 Å². The number of unbranched alkanes of at least 4 members (excludes halogenated alkanes) is 1. The Balaban J connectivity index is 2.15. The quantitative estimate of drug-likeness (QED) is 0.549. The first kappa shape index (κ1) is 16.2. The van der Waals surface area contributed by atoms with Crippen LogP contribution in [0.25, 0.3) is 0 Å². The summed E-state index contributed by atoms with van der Waals surface area (Å²) in [6, 6.07) is 0. The fraction of sp³-hybridized carbons (Fsp3) is 1.00. The second-order valence-corrected chi connectivity index (χ2v) is 7.17. The summed E-state index contributed by atoms with van der Waals surface area (Å²) >= 11 is 5.53. The highest BCUT2D eigenvalue weighted by molar-refractivity contribution is 7.89. The van der Waals surface area contributed by atoms with E-state index in [1.54, 1.807) is 0 Å². The molecule has 1 fully saturated rings. The van der Waals surface area contributed by atoms with Crippen molar-refractivity contribution in [3.8, 4) is 0 Å². The van der Waals surface area contributed by atoms with Gasteiger partial charge in [-0.05, 0) is 38.8 Å². The van der Waals surface area contributed by atoms with Crippen LogP contribution in [0.2, 0.25) is 0 Å². The topological polar surface area (TPSA) is 49.4 Å². The molecule has 0 radical (unpaired) electrons. The summed E-state index contributed by atoms with van der Waals surface area (Å²) in [6.45, 7) is 3.57. The number of nitrogens with zero attached hydrogens (tertiary/aromatic N) is 1. The molecule has 1 aliphatic rings. The number of hydrogen-bond donors (Lipinski definition) is 1. The van der Waals surface area contributed by atoms with Crippen LogP contribution < -0.4 is 4.72 Å². The summed E-state index contributed by atoms with van der Waals surface area (Å²) in [7, 11) is -3.10. The predicted molar refractivity (Wildman–Crippen MR) is 76.7 cm³/mol. The molecule has 0 amide bonds. The first-order chi connectivity index (χ1) is 8.64. The van der Waals surface area contributed by atoms with Crippen LogP contribution in [0.15, 0.2) is 0 Å². The van der Waals surface area contributed by atoms with Crippen molar-refractivity contribution in [2.45, 2.75) is 38.5 Å². The number of hydrogen-bond acceptors (Lipinski definition) is 3.